The molecule has 4 aliphatic rings. The molecule has 24 heavy (non-hydrogen) atoms. The maximum atomic E-state index is 12.7. The fraction of sp³-hybridized carbons (Fsp3) is 0.824. The Labute approximate surface area is 147 Å². The molecular formula is C17H27N5OS. The zero-order valence-electron chi connectivity index (χ0n) is 14.4. The summed E-state index contributed by atoms with van der Waals surface area (Å²) in [4.78, 5) is 21.7. The number of aryl methyl sites for hydroxylation is 1. The Morgan fingerprint density at radius 3 is 2.83 bits per heavy atom. The first-order chi connectivity index (χ1) is 11.7. The van der Waals surface area contributed by atoms with E-state index in [1.165, 1.54) is 57.0 Å². The number of nitrogens with one attached hydrogen (secondary N) is 1. The predicted octanol–water partition coefficient (Wildman–Crippen LogP) is 1.93. The molecule has 1 saturated carbocycles. The van der Waals surface area contributed by atoms with E-state index in [0.29, 0.717) is 22.9 Å². The average molecular weight is 350 g/mol. The van der Waals surface area contributed by atoms with Gasteiger partial charge in [0.25, 0.3) is 0 Å². The molecule has 3 saturated heterocycles. The van der Waals surface area contributed by atoms with Crippen molar-refractivity contribution < 1.29 is 4.79 Å². The van der Waals surface area contributed by atoms with Crippen LogP contribution < -0.4 is 0 Å². The molecule has 0 unspecified atom stereocenters. The van der Waals surface area contributed by atoms with Gasteiger partial charge in [-0.05, 0) is 44.4 Å². The van der Waals surface area contributed by atoms with Gasteiger partial charge in [-0.15, -0.1) is 5.10 Å². The molecule has 7 heteroatoms. The van der Waals surface area contributed by atoms with Crippen LogP contribution in [0.2, 0.25) is 0 Å². The molecule has 5 rings (SSSR count). The number of carbonyl (C=O) groups excluding carboxylic acids is 1. The van der Waals surface area contributed by atoms with Crippen LogP contribution in [0.5, 0.6) is 0 Å². The first kappa shape index (κ1) is 16.4. The van der Waals surface area contributed by atoms with Gasteiger partial charge in [-0.2, -0.15) is 0 Å². The molecule has 0 radical (unpaired) electrons. The quantitative estimate of drug-likeness (QED) is 0.823. The second kappa shape index (κ2) is 7.04. The lowest BCUT2D eigenvalue weighted by Gasteiger charge is -2.40. The van der Waals surface area contributed by atoms with Gasteiger partial charge in [0.05, 0.1) is 5.75 Å². The van der Waals surface area contributed by atoms with E-state index < -0.39 is 0 Å². The average Bonchev–Trinajstić information content (AvgIpc) is 2.75. The first-order valence-corrected chi connectivity index (χ1v) is 10.2. The normalized spacial score (nSPS) is 28.0. The molecule has 1 aromatic rings. The van der Waals surface area contributed by atoms with E-state index in [0.717, 1.165) is 24.8 Å². The Morgan fingerprint density at radius 2 is 2.12 bits per heavy atom. The van der Waals surface area contributed by atoms with Crippen molar-refractivity contribution in [3.05, 3.63) is 5.82 Å². The highest BCUT2D eigenvalue weighted by Crippen LogP contribution is 2.33. The summed E-state index contributed by atoms with van der Waals surface area (Å²) in [5.74, 6) is 3.05. The van der Waals surface area contributed by atoms with Crippen LogP contribution in [-0.4, -0.2) is 68.9 Å². The molecule has 1 amide bonds. The third-order valence-corrected chi connectivity index (χ3v) is 6.63. The fourth-order valence-electron chi connectivity index (χ4n) is 4.22. The first-order valence-electron chi connectivity index (χ1n) is 9.21. The second-order valence-corrected chi connectivity index (χ2v) is 8.58. The molecule has 4 fully saturated rings. The maximum Gasteiger partial charge on any atom is 0.233 e. The molecule has 2 atom stereocenters. The summed E-state index contributed by atoms with van der Waals surface area (Å²) in [5.41, 5.74) is 0. The molecule has 4 heterocycles. The Morgan fingerprint density at radius 1 is 1.25 bits per heavy atom. The summed E-state index contributed by atoms with van der Waals surface area (Å²) in [7, 11) is 0. The van der Waals surface area contributed by atoms with Gasteiger partial charge >= 0.3 is 0 Å². The summed E-state index contributed by atoms with van der Waals surface area (Å²) in [6, 6.07) is 0.573. The summed E-state index contributed by atoms with van der Waals surface area (Å²) in [6.07, 6.45) is 6.76. The van der Waals surface area contributed by atoms with Crippen molar-refractivity contribution in [2.24, 2.45) is 11.8 Å². The van der Waals surface area contributed by atoms with E-state index in [9.17, 15) is 4.79 Å². The predicted molar refractivity (Wildman–Crippen MR) is 93.8 cm³/mol. The SMILES string of the molecule is Cc1nc(SCC(=O)N2C[C@H]3CC[C@@H](C2)N(CC2CCC2)C3)n[nH]1. The molecule has 0 aromatic carbocycles. The number of nitrogens with zero attached hydrogens (tertiary/aromatic N) is 4. The van der Waals surface area contributed by atoms with E-state index in [1.54, 1.807) is 0 Å². The van der Waals surface area contributed by atoms with E-state index in [-0.39, 0.29) is 5.91 Å². The highest BCUT2D eigenvalue weighted by Gasteiger charge is 2.37. The van der Waals surface area contributed by atoms with Crippen LogP contribution in [0, 0.1) is 18.8 Å². The molecule has 1 aliphatic carbocycles. The highest BCUT2D eigenvalue weighted by molar-refractivity contribution is 7.99. The molecule has 1 aromatic heterocycles. The number of hydrogen-bond acceptors (Lipinski definition) is 5. The largest absolute Gasteiger partial charge is 0.340 e. The minimum absolute atomic E-state index is 0.241. The van der Waals surface area contributed by atoms with E-state index >= 15 is 0 Å². The molecule has 2 bridgehead atoms. The third kappa shape index (κ3) is 3.61. The van der Waals surface area contributed by atoms with Crippen LogP contribution in [0.25, 0.3) is 0 Å². The molecule has 132 valence electrons. The Balaban J connectivity index is 1.33. The summed E-state index contributed by atoms with van der Waals surface area (Å²) in [6.45, 7) is 6.18. The van der Waals surface area contributed by atoms with Gasteiger partial charge in [0, 0.05) is 32.2 Å². The standard InChI is InChI=1S/C17H27N5OS/c1-12-18-17(20-19-12)24-11-16(23)22-9-14-5-6-15(10-22)21(8-14)7-13-3-2-4-13/h13-15H,2-11H2,1H3,(H,18,19,20)/t14-,15-/m0/s1. The number of H-pyrrole nitrogens is 1. The lowest BCUT2D eigenvalue weighted by atomic mass is 9.83. The third-order valence-electron chi connectivity index (χ3n) is 5.80. The van der Waals surface area contributed by atoms with Crippen LogP contribution in [0.15, 0.2) is 5.16 Å². The van der Waals surface area contributed by atoms with Crippen molar-refractivity contribution in [3.8, 4) is 0 Å². The number of carbonyl (C=O) groups is 1. The topological polar surface area (TPSA) is 65.1 Å². The van der Waals surface area contributed by atoms with Crippen LogP contribution in [0.1, 0.15) is 37.9 Å². The van der Waals surface area contributed by atoms with Crippen molar-refractivity contribution in [3.63, 3.8) is 0 Å². The van der Waals surface area contributed by atoms with Crippen LogP contribution in [-0.2, 0) is 4.79 Å². The van der Waals surface area contributed by atoms with Crippen molar-refractivity contribution in [1.29, 1.82) is 0 Å². The Kier molecular flexibility index (Phi) is 4.81. The van der Waals surface area contributed by atoms with Gasteiger partial charge in [0.2, 0.25) is 11.1 Å². The van der Waals surface area contributed by atoms with E-state index in [2.05, 4.69) is 25.0 Å². The van der Waals surface area contributed by atoms with Crippen molar-refractivity contribution in [2.45, 2.75) is 50.2 Å². The van der Waals surface area contributed by atoms with Crippen molar-refractivity contribution in [2.75, 3.05) is 31.9 Å². The van der Waals surface area contributed by atoms with Gasteiger partial charge in [-0.1, -0.05) is 18.2 Å². The van der Waals surface area contributed by atoms with Gasteiger partial charge in [-0.3, -0.25) is 14.8 Å². The van der Waals surface area contributed by atoms with Crippen molar-refractivity contribution >= 4 is 17.7 Å². The monoisotopic (exact) mass is 349 g/mol. The lowest BCUT2D eigenvalue weighted by molar-refractivity contribution is -0.128. The number of piperidine rings is 1. The van der Waals surface area contributed by atoms with Gasteiger partial charge in [0.1, 0.15) is 5.82 Å². The van der Waals surface area contributed by atoms with Crippen LogP contribution in [0.3, 0.4) is 0 Å². The smallest absolute Gasteiger partial charge is 0.233 e. The molecule has 3 aliphatic heterocycles. The Hall–Kier alpha value is -1.08. The van der Waals surface area contributed by atoms with Gasteiger partial charge < -0.3 is 4.90 Å². The van der Waals surface area contributed by atoms with Crippen LogP contribution in [0.4, 0.5) is 0 Å². The second-order valence-electron chi connectivity index (χ2n) is 7.64. The van der Waals surface area contributed by atoms with Crippen molar-refractivity contribution in [1.82, 2.24) is 25.0 Å². The van der Waals surface area contributed by atoms with Gasteiger partial charge in [-0.25, -0.2) is 4.98 Å². The van der Waals surface area contributed by atoms with Crippen LogP contribution >= 0.6 is 11.8 Å². The zero-order valence-corrected chi connectivity index (χ0v) is 15.2. The number of rotatable bonds is 5. The fourth-order valence-corrected chi connectivity index (χ4v) is 4.96. The number of aromatic amines is 1. The minimum Gasteiger partial charge on any atom is -0.340 e. The summed E-state index contributed by atoms with van der Waals surface area (Å²) < 4.78 is 0. The number of thioether (sulfide) groups is 1. The number of hydrogen-bond donors (Lipinski definition) is 1. The molecule has 1 N–H and O–H groups in total. The van der Waals surface area contributed by atoms with E-state index in [4.69, 9.17) is 0 Å². The lowest BCUT2D eigenvalue weighted by Crippen LogP contribution is -2.47. The Bertz CT molecular complexity index is 587. The zero-order chi connectivity index (χ0) is 16.5. The summed E-state index contributed by atoms with van der Waals surface area (Å²) >= 11 is 1.44. The van der Waals surface area contributed by atoms with Gasteiger partial charge in [0.15, 0.2) is 0 Å². The minimum atomic E-state index is 0.241. The summed E-state index contributed by atoms with van der Waals surface area (Å²) in [5, 5.41) is 7.60. The number of aromatic nitrogens is 3. The number of fused-ring (bicyclic) bond motifs is 4. The van der Waals surface area contributed by atoms with E-state index in [1.807, 2.05) is 6.92 Å². The highest BCUT2D eigenvalue weighted by atomic mass is 32.2. The number of amides is 1. The maximum absolute atomic E-state index is 12.7. The molecule has 0 spiro atoms. The molecular weight excluding hydrogens is 322 g/mol. The molecule has 6 nitrogen and oxygen atoms in total.